The number of carbonyl (C=O) groups excluding carboxylic acids is 2. The summed E-state index contributed by atoms with van der Waals surface area (Å²) in [6, 6.07) is 21.2. The van der Waals surface area contributed by atoms with Gasteiger partial charge in [-0.15, -0.1) is 0 Å². The van der Waals surface area contributed by atoms with Crippen molar-refractivity contribution in [3.8, 4) is 0 Å². The standard InChI is InChI=1S/C30H28N4O4S/c1-20-10-12-22(13-11-20)39(37,38)34-29(32-16-14-21-19-33-26-9-5-4-6-23(21)26)15-17-31-27-18-28(35)24-7-2-3-8-25(24)30(27)36/h2-13,18-19,31,33H,14-17H2,1H3,(H,32,34). The van der Waals surface area contributed by atoms with Crippen LogP contribution in [-0.2, 0) is 16.4 Å². The molecule has 0 spiro atoms. The van der Waals surface area contributed by atoms with E-state index in [9.17, 15) is 18.0 Å². The van der Waals surface area contributed by atoms with Crippen LogP contribution in [0.2, 0.25) is 0 Å². The van der Waals surface area contributed by atoms with Crippen LogP contribution in [0.4, 0.5) is 0 Å². The molecule has 5 rings (SSSR count). The molecule has 1 heterocycles. The molecule has 3 aromatic carbocycles. The maximum atomic E-state index is 13.1. The molecule has 0 saturated heterocycles. The third-order valence-corrected chi connectivity index (χ3v) is 7.97. The van der Waals surface area contributed by atoms with Crippen LogP contribution in [0, 0.1) is 6.92 Å². The van der Waals surface area contributed by atoms with Crippen LogP contribution in [0.5, 0.6) is 0 Å². The first-order valence-corrected chi connectivity index (χ1v) is 14.1. The number of amidine groups is 1. The van der Waals surface area contributed by atoms with Crippen molar-refractivity contribution >= 4 is 38.3 Å². The summed E-state index contributed by atoms with van der Waals surface area (Å²) in [6.07, 6.45) is 4.03. The number of nitrogens with zero attached hydrogens (tertiary/aromatic N) is 1. The summed E-state index contributed by atoms with van der Waals surface area (Å²) in [5.74, 6) is -0.262. The zero-order valence-corrected chi connectivity index (χ0v) is 22.2. The molecule has 1 aliphatic rings. The summed E-state index contributed by atoms with van der Waals surface area (Å²) in [5, 5.41) is 4.11. The van der Waals surface area contributed by atoms with Crippen molar-refractivity contribution in [2.24, 2.45) is 4.99 Å². The number of allylic oxidation sites excluding steroid dienone is 2. The van der Waals surface area contributed by atoms with Gasteiger partial charge in [0.15, 0.2) is 5.78 Å². The second-order valence-corrected chi connectivity index (χ2v) is 11.0. The minimum atomic E-state index is -3.86. The zero-order chi connectivity index (χ0) is 27.4. The number of sulfonamides is 1. The monoisotopic (exact) mass is 540 g/mol. The van der Waals surface area contributed by atoms with E-state index in [2.05, 4.69) is 20.0 Å². The van der Waals surface area contributed by atoms with Crippen molar-refractivity contribution < 1.29 is 18.0 Å². The third kappa shape index (κ3) is 5.83. The number of para-hydroxylation sites is 1. The number of benzene rings is 3. The van der Waals surface area contributed by atoms with Crippen LogP contribution < -0.4 is 10.0 Å². The van der Waals surface area contributed by atoms with Gasteiger partial charge in [-0.25, -0.2) is 8.42 Å². The van der Waals surface area contributed by atoms with E-state index in [-0.39, 0.29) is 41.0 Å². The van der Waals surface area contributed by atoms with Gasteiger partial charge in [0.1, 0.15) is 5.84 Å². The van der Waals surface area contributed by atoms with Gasteiger partial charge in [-0.2, -0.15) is 0 Å². The van der Waals surface area contributed by atoms with Crippen LogP contribution in [0.15, 0.2) is 101 Å². The van der Waals surface area contributed by atoms with Gasteiger partial charge in [-0.3, -0.25) is 19.3 Å². The summed E-state index contributed by atoms with van der Waals surface area (Å²) in [6.45, 7) is 2.45. The van der Waals surface area contributed by atoms with E-state index in [0.717, 1.165) is 22.0 Å². The summed E-state index contributed by atoms with van der Waals surface area (Å²) in [4.78, 5) is 33.3. The molecule has 0 unspecified atom stereocenters. The van der Waals surface area contributed by atoms with Crippen molar-refractivity contribution in [2.75, 3.05) is 13.1 Å². The van der Waals surface area contributed by atoms with Crippen molar-refractivity contribution in [1.29, 1.82) is 0 Å². The van der Waals surface area contributed by atoms with E-state index in [1.165, 1.54) is 6.08 Å². The highest BCUT2D eigenvalue weighted by Crippen LogP contribution is 2.20. The van der Waals surface area contributed by atoms with Crippen molar-refractivity contribution in [2.45, 2.75) is 24.7 Å². The predicted octanol–water partition coefficient (Wildman–Crippen LogP) is 4.34. The number of H-pyrrole nitrogens is 1. The molecule has 0 fully saturated rings. The van der Waals surface area contributed by atoms with Gasteiger partial charge in [0, 0.05) is 53.8 Å². The van der Waals surface area contributed by atoms with Gasteiger partial charge in [-0.1, -0.05) is 60.2 Å². The molecule has 8 nitrogen and oxygen atoms in total. The van der Waals surface area contributed by atoms with Crippen LogP contribution in [0.3, 0.4) is 0 Å². The molecule has 1 aromatic heterocycles. The number of nitrogens with one attached hydrogen (secondary N) is 3. The minimum Gasteiger partial charge on any atom is -0.381 e. The quantitative estimate of drug-likeness (QED) is 0.216. The number of carbonyl (C=O) groups is 2. The molecule has 39 heavy (non-hydrogen) atoms. The number of ketones is 2. The normalized spacial score (nSPS) is 13.8. The van der Waals surface area contributed by atoms with E-state index in [1.54, 1.807) is 48.5 Å². The van der Waals surface area contributed by atoms with Crippen molar-refractivity contribution in [1.82, 2.24) is 15.0 Å². The van der Waals surface area contributed by atoms with E-state index in [0.29, 0.717) is 24.1 Å². The van der Waals surface area contributed by atoms with Gasteiger partial charge in [-0.05, 0) is 37.1 Å². The lowest BCUT2D eigenvalue weighted by Crippen LogP contribution is -2.34. The molecule has 0 radical (unpaired) electrons. The number of aryl methyl sites for hydroxylation is 1. The fraction of sp³-hybridized carbons (Fsp3) is 0.167. The van der Waals surface area contributed by atoms with Crippen LogP contribution in [-0.4, -0.2) is 43.9 Å². The fourth-order valence-electron chi connectivity index (χ4n) is 4.51. The lowest BCUT2D eigenvalue weighted by atomic mass is 9.93. The Morgan fingerprint density at radius 2 is 1.64 bits per heavy atom. The molecular formula is C30H28N4O4S. The molecular weight excluding hydrogens is 512 g/mol. The summed E-state index contributed by atoms with van der Waals surface area (Å²) in [5.41, 5.74) is 3.97. The molecule has 0 bridgehead atoms. The van der Waals surface area contributed by atoms with Crippen molar-refractivity contribution in [3.05, 3.63) is 113 Å². The Morgan fingerprint density at radius 1 is 0.923 bits per heavy atom. The Hall–Kier alpha value is -4.50. The second-order valence-electron chi connectivity index (χ2n) is 9.33. The van der Waals surface area contributed by atoms with Gasteiger partial charge >= 0.3 is 0 Å². The van der Waals surface area contributed by atoms with Crippen LogP contribution in [0.1, 0.15) is 38.3 Å². The highest BCUT2D eigenvalue weighted by molar-refractivity contribution is 7.90. The number of aromatic nitrogens is 1. The summed E-state index contributed by atoms with van der Waals surface area (Å²) >= 11 is 0. The average molecular weight is 541 g/mol. The number of aliphatic imine (C=N–C) groups is 1. The lowest BCUT2D eigenvalue weighted by molar-refractivity contribution is 0.0978. The Morgan fingerprint density at radius 3 is 2.44 bits per heavy atom. The minimum absolute atomic E-state index is 0.137. The van der Waals surface area contributed by atoms with Gasteiger partial charge in [0.05, 0.1) is 10.6 Å². The Kier molecular flexibility index (Phi) is 7.42. The van der Waals surface area contributed by atoms with Crippen LogP contribution >= 0.6 is 0 Å². The number of hydrogen-bond acceptors (Lipinski definition) is 6. The largest absolute Gasteiger partial charge is 0.381 e. The third-order valence-electron chi connectivity index (χ3n) is 6.58. The highest BCUT2D eigenvalue weighted by atomic mass is 32.2. The lowest BCUT2D eigenvalue weighted by Gasteiger charge is -2.17. The molecule has 0 saturated carbocycles. The number of Topliss-reactive ketones (excluding diaryl/α,β-unsaturated/α-hetero) is 1. The van der Waals surface area contributed by atoms with E-state index in [1.807, 2.05) is 37.4 Å². The first kappa shape index (κ1) is 26.1. The molecule has 0 aliphatic heterocycles. The first-order valence-electron chi connectivity index (χ1n) is 12.6. The topological polar surface area (TPSA) is 120 Å². The smallest absolute Gasteiger partial charge is 0.262 e. The zero-order valence-electron chi connectivity index (χ0n) is 21.4. The molecule has 9 heteroatoms. The van der Waals surface area contributed by atoms with E-state index < -0.39 is 10.0 Å². The average Bonchev–Trinajstić information content (AvgIpc) is 3.34. The number of hydrogen-bond donors (Lipinski definition) is 3. The maximum absolute atomic E-state index is 13.1. The summed E-state index contributed by atoms with van der Waals surface area (Å²) in [7, 11) is -3.86. The van der Waals surface area contributed by atoms with Crippen LogP contribution in [0.25, 0.3) is 10.9 Å². The molecule has 4 aromatic rings. The Balaban J connectivity index is 1.31. The predicted molar refractivity (Wildman–Crippen MR) is 152 cm³/mol. The Bertz CT molecular complexity index is 1720. The van der Waals surface area contributed by atoms with E-state index in [4.69, 9.17) is 0 Å². The van der Waals surface area contributed by atoms with Crippen molar-refractivity contribution in [3.63, 3.8) is 0 Å². The Labute approximate surface area is 226 Å². The fourth-order valence-corrected chi connectivity index (χ4v) is 5.59. The second kappa shape index (κ2) is 11.1. The number of rotatable bonds is 9. The molecule has 198 valence electrons. The molecule has 0 atom stereocenters. The van der Waals surface area contributed by atoms with E-state index >= 15 is 0 Å². The number of aromatic amines is 1. The highest BCUT2D eigenvalue weighted by Gasteiger charge is 2.25. The van der Waals surface area contributed by atoms with Gasteiger partial charge < -0.3 is 10.3 Å². The first-order chi connectivity index (χ1) is 18.8. The molecule has 3 N–H and O–H groups in total. The SMILES string of the molecule is Cc1ccc(S(=O)(=O)NC(CCNC2=CC(=O)c3ccccc3C2=O)=NCCc2c[nH]c3ccccc23)cc1. The maximum Gasteiger partial charge on any atom is 0.262 e. The number of fused-ring (bicyclic) bond motifs is 2. The van der Waals surface area contributed by atoms with Gasteiger partial charge in [0.2, 0.25) is 5.78 Å². The molecule has 1 aliphatic carbocycles. The van der Waals surface area contributed by atoms with Gasteiger partial charge in [0.25, 0.3) is 10.0 Å². The molecule has 0 amide bonds. The summed E-state index contributed by atoms with van der Waals surface area (Å²) < 4.78 is 28.8.